The van der Waals surface area contributed by atoms with Crippen molar-refractivity contribution in [3.8, 4) is 0 Å². The van der Waals surface area contributed by atoms with Gasteiger partial charge >= 0.3 is 0 Å². The summed E-state index contributed by atoms with van der Waals surface area (Å²) in [6.45, 7) is 6.12. The Morgan fingerprint density at radius 2 is 2.17 bits per heavy atom. The van der Waals surface area contributed by atoms with Crippen LogP contribution in [0.1, 0.15) is 20.8 Å². The van der Waals surface area contributed by atoms with E-state index in [0.29, 0.717) is 12.3 Å². The van der Waals surface area contributed by atoms with E-state index in [0.717, 1.165) is 17.0 Å². The molecule has 1 rings (SSSR count). The zero-order chi connectivity index (χ0) is 9.14. The molecule has 0 fully saturated rings. The number of rotatable bonds is 2. The maximum atomic E-state index is 10.4. The zero-order valence-corrected chi connectivity index (χ0v) is 7.47. The van der Waals surface area contributed by atoms with E-state index < -0.39 is 0 Å². The fourth-order valence-electron chi connectivity index (χ4n) is 1.14. The van der Waals surface area contributed by atoms with Crippen LogP contribution < -0.4 is 0 Å². The number of ether oxygens (including phenoxy) is 1. The van der Waals surface area contributed by atoms with Gasteiger partial charge in [-0.2, -0.15) is 0 Å². The molecule has 0 N–H and O–H groups in total. The Morgan fingerprint density at radius 3 is 2.58 bits per heavy atom. The Labute approximate surface area is 71.4 Å². The van der Waals surface area contributed by atoms with Crippen LogP contribution in [0.5, 0.6) is 0 Å². The van der Waals surface area contributed by atoms with Crippen LogP contribution in [0.15, 0.2) is 22.0 Å². The van der Waals surface area contributed by atoms with Gasteiger partial charge in [0.15, 0.2) is 11.6 Å². The van der Waals surface area contributed by atoms with Crippen LogP contribution in [-0.4, -0.2) is 18.3 Å². The highest BCUT2D eigenvalue weighted by atomic mass is 16.5. The Balaban J connectivity index is 3.05. The van der Waals surface area contributed by atoms with E-state index in [9.17, 15) is 4.79 Å². The first-order valence-corrected chi connectivity index (χ1v) is 3.85. The number of aliphatic imine (C=N–C) groups is 1. The fourth-order valence-corrected chi connectivity index (χ4v) is 1.14. The van der Waals surface area contributed by atoms with Gasteiger partial charge in [-0.1, -0.05) is 0 Å². The van der Waals surface area contributed by atoms with E-state index in [1.54, 1.807) is 5.94 Å². The molecule has 0 aromatic heterocycles. The SMILES string of the molecule is CCOC1=C(C)C(=C=O)N=C1C. The van der Waals surface area contributed by atoms with E-state index in [1.165, 1.54) is 0 Å². The summed E-state index contributed by atoms with van der Waals surface area (Å²) in [6, 6.07) is 0. The van der Waals surface area contributed by atoms with Gasteiger partial charge in [0.2, 0.25) is 0 Å². The highest BCUT2D eigenvalue weighted by Crippen LogP contribution is 2.23. The first-order chi connectivity index (χ1) is 5.70. The molecule has 0 atom stereocenters. The predicted molar refractivity (Wildman–Crippen MR) is 46.6 cm³/mol. The lowest BCUT2D eigenvalue weighted by molar-refractivity contribution is 0.248. The van der Waals surface area contributed by atoms with Crippen LogP contribution in [0, 0.1) is 0 Å². The lowest BCUT2D eigenvalue weighted by Crippen LogP contribution is -1.99. The molecule has 0 unspecified atom stereocenters. The highest BCUT2D eigenvalue weighted by Gasteiger charge is 2.19. The number of hydrogen-bond acceptors (Lipinski definition) is 3. The van der Waals surface area contributed by atoms with Gasteiger partial charge < -0.3 is 4.74 Å². The molecule has 0 saturated heterocycles. The van der Waals surface area contributed by atoms with Crippen molar-refractivity contribution in [3.05, 3.63) is 17.0 Å². The second-order valence-electron chi connectivity index (χ2n) is 2.54. The first kappa shape index (κ1) is 8.75. The maximum absolute atomic E-state index is 10.4. The summed E-state index contributed by atoms with van der Waals surface area (Å²) in [4.78, 5) is 14.4. The molecule has 1 aliphatic heterocycles. The largest absolute Gasteiger partial charge is 0.492 e. The van der Waals surface area contributed by atoms with E-state index in [4.69, 9.17) is 4.74 Å². The molecule has 1 heterocycles. The molecule has 0 bridgehead atoms. The maximum Gasteiger partial charge on any atom is 0.154 e. The number of nitrogens with zero attached hydrogens (tertiary/aromatic N) is 1. The van der Waals surface area contributed by atoms with Crippen LogP contribution >= 0.6 is 0 Å². The van der Waals surface area contributed by atoms with Gasteiger partial charge in [0.05, 0.1) is 12.3 Å². The molecule has 1 aliphatic rings. The third-order valence-corrected chi connectivity index (χ3v) is 1.69. The summed E-state index contributed by atoms with van der Waals surface area (Å²) >= 11 is 0. The lowest BCUT2D eigenvalue weighted by atomic mass is 10.2. The summed E-state index contributed by atoms with van der Waals surface area (Å²) < 4.78 is 5.31. The first-order valence-electron chi connectivity index (χ1n) is 3.85. The monoisotopic (exact) mass is 165 g/mol. The predicted octanol–water partition coefficient (Wildman–Crippen LogP) is 1.49. The Bertz CT molecular complexity index is 306. The molecule has 0 spiro atoms. The summed E-state index contributed by atoms with van der Waals surface area (Å²) in [7, 11) is 0. The van der Waals surface area contributed by atoms with Crippen LogP contribution in [-0.2, 0) is 9.53 Å². The average molecular weight is 165 g/mol. The number of carbonyl (C=O) groups excluding carboxylic acids is 1. The molecule has 3 heteroatoms. The highest BCUT2D eigenvalue weighted by molar-refractivity contribution is 6.02. The van der Waals surface area contributed by atoms with E-state index >= 15 is 0 Å². The summed E-state index contributed by atoms with van der Waals surface area (Å²) in [5.74, 6) is 2.49. The quantitative estimate of drug-likeness (QED) is 0.581. The van der Waals surface area contributed by atoms with Crippen molar-refractivity contribution >= 4 is 11.7 Å². The smallest absolute Gasteiger partial charge is 0.154 e. The van der Waals surface area contributed by atoms with Crippen LogP contribution in [0.2, 0.25) is 0 Å². The Hall–Kier alpha value is -1.34. The molecular formula is C9H11NO2. The summed E-state index contributed by atoms with van der Waals surface area (Å²) in [5.41, 5.74) is 1.90. The molecule has 3 nitrogen and oxygen atoms in total. The molecule has 0 aromatic rings. The van der Waals surface area contributed by atoms with Gasteiger partial charge in [-0.05, 0) is 20.8 Å². The fraction of sp³-hybridized carbons (Fsp3) is 0.444. The van der Waals surface area contributed by atoms with Crippen molar-refractivity contribution in [1.82, 2.24) is 0 Å². The minimum Gasteiger partial charge on any atom is -0.492 e. The van der Waals surface area contributed by atoms with Crippen LogP contribution in [0.3, 0.4) is 0 Å². The Kier molecular flexibility index (Phi) is 2.46. The minimum atomic E-state index is 0.357. The van der Waals surface area contributed by atoms with Gasteiger partial charge in [0.25, 0.3) is 0 Å². The zero-order valence-electron chi connectivity index (χ0n) is 7.47. The molecule has 0 aliphatic carbocycles. The third-order valence-electron chi connectivity index (χ3n) is 1.69. The van der Waals surface area contributed by atoms with Crippen molar-refractivity contribution in [2.24, 2.45) is 4.99 Å². The van der Waals surface area contributed by atoms with Crippen molar-refractivity contribution in [1.29, 1.82) is 0 Å². The minimum absolute atomic E-state index is 0.357. The molecule has 0 aromatic carbocycles. The standard InChI is InChI=1S/C9H11NO2/c1-4-12-9-6(2)8(5-11)10-7(9)3/h4H2,1-3H3. The van der Waals surface area contributed by atoms with E-state index in [1.807, 2.05) is 20.8 Å². The molecular weight excluding hydrogens is 154 g/mol. The number of allylic oxidation sites excluding steroid dienone is 2. The molecule has 64 valence electrons. The van der Waals surface area contributed by atoms with Gasteiger partial charge in [-0.25, -0.2) is 9.79 Å². The summed E-state index contributed by atoms with van der Waals surface area (Å²) in [6.07, 6.45) is 0. The number of hydrogen-bond donors (Lipinski definition) is 0. The molecule has 0 amide bonds. The van der Waals surface area contributed by atoms with Gasteiger partial charge in [-0.3, -0.25) is 0 Å². The average Bonchev–Trinajstić information content (AvgIpc) is 2.32. The Morgan fingerprint density at radius 1 is 1.50 bits per heavy atom. The van der Waals surface area contributed by atoms with E-state index in [2.05, 4.69) is 4.99 Å². The normalized spacial score (nSPS) is 16.2. The summed E-state index contributed by atoms with van der Waals surface area (Å²) in [5, 5.41) is 0. The molecule has 12 heavy (non-hydrogen) atoms. The second-order valence-corrected chi connectivity index (χ2v) is 2.54. The van der Waals surface area contributed by atoms with Gasteiger partial charge in [-0.15, -0.1) is 0 Å². The lowest BCUT2D eigenvalue weighted by Gasteiger charge is -2.03. The van der Waals surface area contributed by atoms with Gasteiger partial charge in [0.1, 0.15) is 5.76 Å². The van der Waals surface area contributed by atoms with Crippen molar-refractivity contribution in [2.45, 2.75) is 20.8 Å². The second kappa shape index (κ2) is 3.37. The van der Waals surface area contributed by atoms with Crippen molar-refractivity contribution < 1.29 is 9.53 Å². The van der Waals surface area contributed by atoms with Crippen molar-refractivity contribution in [2.75, 3.05) is 6.61 Å². The van der Waals surface area contributed by atoms with Crippen LogP contribution in [0.25, 0.3) is 0 Å². The topological polar surface area (TPSA) is 38.7 Å². The van der Waals surface area contributed by atoms with E-state index in [-0.39, 0.29) is 0 Å². The molecule has 0 radical (unpaired) electrons. The molecule has 0 saturated carbocycles. The van der Waals surface area contributed by atoms with Crippen molar-refractivity contribution in [3.63, 3.8) is 0 Å². The third kappa shape index (κ3) is 1.31. The van der Waals surface area contributed by atoms with Crippen LogP contribution in [0.4, 0.5) is 0 Å². The van der Waals surface area contributed by atoms with Gasteiger partial charge in [0, 0.05) is 5.57 Å².